The summed E-state index contributed by atoms with van der Waals surface area (Å²) in [6, 6.07) is 13.8. The van der Waals surface area contributed by atoms with Crippen LogP contribution in [-0.4, -0.2) is 22.7 Å². The minimum absolute atomic E-state index is 0.0471. The van der Waals surface area contributed by atoms with Crippen molar-refractivity contribution in [2.75, 3.05) is 11.5 Å². The molecule has 0 aliphatic carbocycles. The number of ether oxygens (including phenoxy) is 1. The van der Waals surface area contributed by atoms with Gasteiger partial charge < -0.3 is 9.15 Å². The maximum Gasteiger partial charge on any atom is 0.297 e. The van der Waals surface area contributed by atoms with Crippen LogP contribution in [0.3, 0.4) is 0 Å². The highest BCUT2D eigenvalue weighted by atomic mass is 32.1. The molecule has 0 saturated carbocycles. The zero-order chi connectivity index (χ0) is 22.9. The number of hydrogen-bond acceptors (Lipinski definition) is 7. The number of aromatic nitrogens is 2. The second kappa shape index (κ2) is 8.78. The molecule has 0 fully saturated rings. The number of benzene rings is 2. The van der Waals surface area contributed by atoms with Crippen LogP contribution in [0.15, 0.2) is 57.7 Å². The van der Waals surface area contributed by atoms with Gasteiger partial charge in [0, 0.05) is 0 Å². The van der Waals surface area contributed by atoms with Gasteiger partial charge in [0.1, 0.15) is 16.3 Å². The number of fused-ring (bicyclic) bond motifs is 2. The van der Waals surface area contributed by atoms with Crippen LogP contribution in [-0.2, 0) is 0 Å². The zero-order valence-electron chi connectivity index (χ0n) is 18.4. The summed E-state index contributed by atoms with van der Waals surface area (Å²) in [6.45, 7) is 4.59. The summed E-state index contributed by atoms with van der Waals surface area (Å²) in [5.41, 5.74) is 1.24. The number of amides is 1. The number of aryl methyl sites for hydroxylation is 1. The zero-order valence-corrected chi connectivity index (χ0v) is 19.2. The summed E-state index contributed by atoms with van der Waals surface area (Å²) in [7, 11) is 0. The van der Waals surface area contributed by atoms with E-state index < -0.39 is 11.9 Å². The lowest BCUT2D eigenvalue weighted by molar-refractivity contribution is 0.0970. The highest BCUT2D eigenvalue weighted by molar-refractivity contribution is 7.15. The molecule has 0 unspecified atom stereocenters. The van der Waals surface area contributed by atoms with Crippen LogP contribution in [0, 0.1) is 6.92 Å². The molecule has 2 aromatic heterocycles. The van der Waals surface area contributed by atoms with E-state index in [1.54, 1.807) is 24.3 Å². The Balaban J connectivity index is 1.65. The van der Waals surface area contributed by atoms with Crippen LogP contribution in [0.25, 0.3) is 11.0 Å². The number of rotatable bonds is 7. The minimum Gasteiger partial charge on any atom is -0.494 e. The molecule has 1 atom stereocenters. The third kappa shape index (κ3) is 3.80. The van der Waals surface area contributed by atoms with E-state index in [0.717, 1.165) is 29.8 Å². The molecule has 1 amide bonds. The molecule has 5 rings (SSSR count). The van der Waals surface area contributed by atoms with Crippen molar-refractivity contribution in [1.82, 2.24) is 10.2 Å². The van der Waals surface area contributed by atoms with Crippen molar-refractivity contribution in [3.63, 3.8) is 0 Å². The fourth-order valence-corrected chi connectivity index (χ4v) is 4.85. The average molecular weight is 462 g/mol. The Morgan fingerprint density at radius 1 is 1.09 bits per heavy atom. The van der Waals surface area contributed by atoms with Gasteiger partial charge in [-0.2, -0.15) is 0 Å². The van der Waals surface area contributed by atoms with E-state index in [2.05, 4.69) is 17.1 Å². The fourth-order valence-electron chi connectivity index (χ4n) is 4.13. The Morgan fingerprint density at radius 3 is 2.73 bits per heavy atom. The second-order valence-corrected chi connectivity index (χ2v) is 9.14. The van der Waals surface area contributed by atoms with Gasteiger partial charge in [-0.15, -0.1) is 10.2 Å². The third-order valence-corrected chi connectivity index (χ3v) is 6.53. The van der Waals surface area contributed by atoms with Gasteiger partial charge in [0.15, 0.2) is 5.43 Å². The van der Waals surface area contributed by atoms with Crippen molar-refractivity contribution < 1.29 is 13.9 Å². The van der Waals surface area contributed by atoms with Crippen molar-refractivity contribution in [2.45, 2.75) is 39.2 Å². The summed E-state index contributed by atoms with van der Waals surface area (Å²) in [6.07, 6.45) is 3.18. The van der Waals surface area contributed by atoms with E-state index in [1.165, 1.54) is 16.2 Å². The Morgan fingerprint density at radius 2 is 1.94 bits per heavy atom. The molecule has 0 saturated heterocycles. The summed E-state index contributed by atoms with van der Waals surface area (Å²) < 4.78 is 11.9. The SMILES string of the molecule is CCCCCOc1cccc([C@@H]2c3c(oc4ccccc4c3=O)C(=O)N2c2nnc(C)s2)c1. The van der Waals surface area contributed by atoms with Gasteiger partial charge in [-0.05, 0) is 43.2 Å². The predicted molar refractivity (Wildman–Crippen MR) is 127 cm³/mol. The number of unbranched alkanes of at least 4 members (excludes halogenated alkanes) is 2. The number of nitrogens with zero attached hydrogens (tertiary/aromatic N) is 3. The van der Waals surface area contributed by atoms with Crippen LogP contribution in [0.2, 0.25) is 0 Å². The Hall–Kier alpha value is -3.52. The Kier molecular flexibility index (Phi) is 5.68. The quantitative estimate of drug-likeness (QED) is 0.349. The first kappa shape index (κ1) is 21.3. The van der Waals surface area contributed by atoms with Gasteiger partial charge >= 0.3 is 0 Å². The van der Waals surface area contributed by atoms with Gasteiger partial charge in [0.05, 0.1) is 23.6 Å². The third-order valence-electron chi connectivity index (χ3n) is 5.69. The first-order valence-corrected chi connectivity index (χ1v) is 11.8. The van der Waals surface area contributed by atoms with Crippen LogP contribution in [0.5, 0.6) is 5.75 Å². The topological polar surface area (TPSA) is 85.5 Å². The smallest absolute Gasteiger partial charge is 0.297 e. The molecule has 7 nitrogen and oxygen atoms in total. The van der Waals surface area contributed by atoms with Gasteiger partial charge in [-0.1, -0.05) is 55.4 Å². The number of hydrogen-bond donors (Lipinski definition) is 0. The van der Waals surface area contributed by atoms with Crippen LogP contribution in [0.4, 0.5) is 5.13 Å². The monoisotopic (exact) mass is 461 g/mol. The minimum atomic E-state index is -0.681. The van der Waals surface area contributed by atoms with Gasteiger partial charge in [0.25, 0.3) is 5.91 Å². The lowest BCUT2D eigenvalue weighted by Crippen LogP contribution is -2.29. The summed E-state index contributed by atoms with van der Waals surface area (Å²) >= 11 is 1.30. The highest BCUT2D eigenvalue weighted by Gasteiger charge is 2.45. The average Bonchev–Trinajstić information content (AvgIpc) is 3.38. The molecule has 8 heteroatoms. The summed E-state index contributed by atoms with van der Waals surface area (Å²) in [4.78, 5) is 28.6. The molecule has 2 aromatic carbocycles. The number of anilines is 1. The van der Waals surface area contributed by atoms with Crippen LogP contribution < -0.4 is 15.1 Å². The Labute approximate surface area is 194 Å². The maximum atomic E-state index is 13.6. The molecular formula is C25H23N3O4S. The van der Waals surface area contributed by atoms with E-state index in [-0.39, 0.29) is 11.2 Å². The van der Waals surface area contributed by atoms with E-state index in [4.69, 9.17) is 9.15 Å². The standard InChI is InChI=1S/C25H23N3O4S/c1-3-4-7-13-31-17-10-8-9-16(14-17)21-20-22(29)18-11-5-6-12-19(18)32-23(20)24(30)28(21)25-27-26-15(2)33-25/h5-6,8-12,14,21H,3-4,7,13H2,1-2H3/t21-/m1/s1. The molecule has 3 heterocycles. The summed E-state index contributed by atoms with van der Waals surface area (Å²) in [5, 5.41) is 9.87. The number of carbonyl (C=O) groups is 1. The number of para-hydroxylation sites is 1. The van der Waals surface area contributed by atoms with Gasteiger partial charge in [-0.25, -0.2) is 0 Å². The van der Waals surface area contributed by atoms with E-state index >= 15 is 0 Å². The van der Waals surface area contributed by atoms with Crippen molar-refractivity contribution in [3.05, 3.63) is 80.6 Å². The lowest BCUT2D eigenvalue weighted by atomic mass is 9.98. The van der Waals surface area contributed by atoms with E-state index in [1.807, 2.05) is 31.2 Å². The molecule has 168 valence electrons. The second-order valence-electron chi connectivity index (χ2n) is 7.98. The number of carbonyl (C=O) groups excluding carboxylic acids is 1. The normalized spacial score (nSPS) is 15.3. The van der Waals surface area contributed by atoms with Crippen LogP contribution >= 0.6 is 11.3 Å². The first-order chi connectivity index (χ1) is 16.1. The van der Waals surface area contributed by atoms with E-state index in [0.29, 0.717) is 34.0 Å². The van der Waals surface area contributed by atoms with Crippen molar-refractivity contribution in [2.24, 2.45) is 0 Å². The fraction of sp³-hybridized carbons (Fsp3) is 0.280. The highest BCUT2D eigenvalue weighted by Crippen LogP contribution is 2.42. The maximum absolute atomic E-state index is 13.6. The van der Waals surface area contributed by atoms with E-state index in [9.17, 15) is 9.59 Å². The van der Waals surface area contributed by atoms with Crippen molar-refractivity contribution >= 4 is 33.3 Å². The molecular weight excluding hydrogens is 438 g/mol. The van der Waals surface area contributed by atoms with Gasteiger partial charge in [0.2, 0.25) is 10.9 Å². The molecule has 1 aliphatic heterocycles. The molecule has 33 heavy (non-hydrogen) atoms. The molecule has 0 radical (unpaired) electrons. The predicted octanol–water partition coefficient (Wildman–Crippen LogP) is 5.27. The molecule has 0 bridgehead atoms. The van der Waals surface area contributed by atoms with Crippen molar-refractivity contribution in [3.8, 4) is 5.75 Å². The summed E-state index contributed by atoms with van der Waals surface area (Å²) in [5.74, 6) is 0.345. The molecule has 0 N–H and O–H groups in total. The molecule has 1 aliphatic rings. The lowest BCUT2D eigenvalue weighted by Gasteiger charge is -2.22. The van der Waals surface area contributed by atoms with Gasteiger partial charge in [-0.3, -0.25) is 14.5 Å². The Bertz CT molecular complexity index is 1390. The largest absolute Gasteiger partial charge is 0.494 e. The molecule has 4 aromatic rings. The van der Waals surface area contributed by atoms with Crippen molar-refractivity contribution in [1.29, 1.82) is 0 Å². The molecule has 0 spiro atoms. The van der Waals surface area contributed by atoms with Crippen LogP contribution in [0.1, 0.15) is 58.9 Å². The first-order valence-electron chi connectivity index (χ1n) is 11.0.